The van der Waals surface area contributed by atoms with Gasteiger partial charge in [-0.3, -0.25) is 0 Å². The van der Waals surface area contributed by atoms with Gasteiger partial charge < -0.3 is 10.6 Å². The maximum absolute atomic E-state index is 12.8. The van der Waals surface area contributed by atoms with Crippen molar-refractivity contribution in [3.05, 3.63) is 41.7 Å². The lowest BCUT2D eigenvalue weighted by Crippen LogP contribution is -2.40. The van der Waals surface area contributed by atoms with Crippen molar-refractivity contribution in [3.8, 4) is 0 Å². The molecule has 2 nitrogen and oxygen atoms in total. The Balaban J connectivity index is 2.10. The van der Waals surface area contributed by atoms with Gasteiger partial charge in [0.1, 0.15) is 5.82 Å². The van der Waals surface area contributed by atoms with Crippen LogP contribution in [0.1, 0.15) is 64.4 Å². The molecule has 0 aliphatic carbocycles. The van der Waals surface area contributed by atoms with Crippen molar-refractivity contribution in [1.82, 2.24) is 10.6 Å². The number of benzene rings is 1. The van der Waals surface area contributed by atoms with Crippen molar-refractivity contribution in [3.63, 3.8) is 0 Å². The van der Waals surface area contributed by atoms with Gasteiger partial charge in [0.15, 0.2) is 5.11 Å². The quantitative estimate of drug-likeness (QED) is 0.410. The van der Waals surface area contributed by atoms with E-state index in [4.69, 9.17) is 12.2 Å². The van der Waals surface area contributed by atoms with E-state index in [9.17, 15) is 4.39 Å². The molecule has 1 aromatic carbocycles. The fourth-order valence-corrected chi connectivity index (χ4v) is 2.73. The summed E-state index contributed by atoms with van der Waals surface area (Å²) in [4.78, 5) is 0. The van der Waals surface area contributed by atoms with Crippen LogP contribution < -0.4 is 10.6 Å². The van der Waals surface area contributed by atoms with Crippen molar-refractivity contribution >= 4 is 23.4 Å². The Labute approximate surface area is 151 Å². The van der Waals surface area contributed by atoms with Crippen LogP contribution in [-0.2, 0) is 0 Å². The average molecular weight is 351 g/mol. The highest BCUT2D eigenvalue weighted by atomic mass is 32.1. The minimum absolute atomic E-state index is 0.205. The molecule has 0 aromatic heterocycles. The van der Waals surface area contributed by atoms with Crippen LogP contribution in [0.2, 0.25) is 0 Å². The zero-order chi connectivity index (χ0) is 17.6. The van der Waals surface area contributed by atoms with Gasteiger partial charge in [-0.25, -0.2) is 4.39 Å². The number of thiocarbonyl (C=S) groups is 1. The molecule has 24 heavy (non-hydrogen) atoms. The first kappa shape index (κ1) is 20.6. The number of hydrogen-bond acceptors (Lipinski definition) is 1. The third kappa shape index (κ3) is 10.4. The smallest absolute Gasteiger partial charge is 0.166 e. The van der Waals surface area contributed by atoms with Gasteiger partial charge in [0.05, 0.1) is 0 Å². The van der Waals surface area contributed by atoms with E-state index in [0.717, 1.165) is 23.6 Å². The molecule has 1 aromatic rings. The maximum Gasteiger partial charge on any atom is 0.166 e. The van der Waals surface area contributed by atoms with Gasteiger partial charge in [-0.1, -0.05) is 63.3 Å². The summed E-state index contributed by atoms with van der Waals surface area (Å²) >= 11 is 5.32. The van der Waals surface area contributed by atoms with Crippen molar-refractivity contribution in [2.75, 3.05) is 6.54 Å². The Morgan fingerprint density at radius 3 is 2.50 bits per heavy atom. The molecular weight excluding hydrogens is 319 g/mol. The van der Waals surface area contributed by atoms with Crippen LogP contribution in [0.15, 0.2) is 30.3 Å². The van der Waals surface area contributed by atoms with Gasteiger partial charge >= 0.3 is 0 Å². The summed E-state index contributed by atoms with van der Waals surface area (Å²) in [7, 11) is 0. The highest BCUT2D eigenvalue weighted by Gasteiger charge is 2.01. The number of nitrogens with one attached hydrogen (secondary N) is 2. The second kappa shape index (κ2) is 12.9. The van der Waals surface area contributed by atoms with E-state index >= 15 is 0 Å². The predicted molar refractivity (Wildman–Crippen MR) is 107 cm³/mol. The first-order valence-electron chi connectivity index (χ1n) is 9.08. The van der Waals surface area contributed by atoms with Crippen LogP contribution >= 0.6 is 12.2 Å². The van der Waals surface area contributed by atoms with Crippen LogP contribution in [-0.4, -0.2) is 17.7 Å². The van der Waals surface area contributed by atoms with E-state index < -0.39 is 0 Å². The molecule has 0 bridgehead atoms. The summed E-state index contributed by atoms with van der Waals surface area (Å²) in [5.74, 6) is -0.205. The van der Waals surface area contributed by atoms with Crippen LogP contribution in [0.25, 0.3) is 6.08 Å². The van der Waals surface area contributed by atoms with E-state index in [1.807, 2.05) is 6.08 Å². The molecule has 0 saturated carbocycles. The van der Waals surface area contributed by atoms with Gasteiger partial charge in [-0.05, 0) is 49.7 Å². The van der Waals surface area contributed by atoms with Crippen LogP contribution in [0.4, 0.5) is 4.39 Å². The number of unbranched alkanes of at least 4 members (excludes halogenated alkanes) is 5. The summed E-state index contributed by atoms with van der Waals surface area (Å²) in [5.41, 5.74) is 1.01. The fourth-order valence-electron chi connectivity index (χ4n) is 2.42. The SMILES string of the molecule is CCCCCCCCNC(=S)NC(C)CC=Cc1ccc(F)cc1. The minimum atomic E-state index is -0.205. The van der Waals surface area contributed by atoms with E-state index in [2.05, 4.69) is 30.6 Å². The summed E-state index contributed by atoms with van der Waals surface area (Å²) in [6, 6.07) is 6.77. The molecule has 0 radical (unpaired) electrons. The third-order valence-electron chi connectivity index (χ3n) is 3.86. The van der Waals surface area contributed by atoms with Crippen molar-refractivity contribution in [1.29, 1.82) is 0 Å². The van der Waals surface area contributed by atoms with Crippen molar-refractivity contribution in [2.24, 2.45) is 0 Å². The lowest BCUT2D eigenvalue weighted by molar-refractivity contribution is 0.596. The Kier molecular flexibility index (Phi) is 11.1. The lowest BCUT2D eigenvalue weighted by Gasteiger charge is -2.15. The lowest BCUT2D eigenvalue weighted by atomic mass is 10.1. The second-order valence-electron chi connectivity index (χ2n) is 6.26. The van der Waals surface area contributed by atoms with Crippen LogP contribution in [0.3, 0.4) is 0 Å². The zero-order valence-electron chi connectivity index (χ0n) is 15.0. The van der Waals surface area contributed by atoms with Gasteiger partial charge in [0, 0.05) is 12.6 Å². The maximum atomic E-state index is 12.8. The average Bonchev–Trinajstić information content (AvgIpc) is 2.56. The molecule has 0 aliphatic heterocycles. The summed E-state index contributed by atoms with van der Waals surface area (Å²) in [6.07, 6.45) is 12.7. The Morgan fingerprint density at radius 1 is 1.12 bits per heavy atom. The molecule has 1 atom stereocenters. The zero-order valence-corrected chi connectivity index (χ0v) is 15.8. The number of hydrogen-bond donors (Lipinski definition) is 2. The first-order chi connectivity index (χ1) is 11.6. The number of halogens is 1. The standard InChI is InChI=1S/C20H31FN2S/c1-3-4-5-6-7-8-16-22-20(24)23-17(2)10-9-11-18-12-14-19(21)15-13-18/h9,11-15,17H,3-8,10,16H2,1-2H3,(H2,22,23,24). The molecule has 2 N–H and O–H groups in total. The molecule has 0 aliphatic rings. The predicted octanol–water partition coefficient (Wildman–Crippen LogP) is 5.44. The molecule has 1 rings (SSSR count). The van der Waals surface area contributed by atoms with E-state index in [-0.39, 0.29) is 11.9 Å². The molecular formula is C20H31FN2S. The highest BCUT2D eigenvalue weighted by molar-refractivity contribution is 7.80. The molecule has 0 spiro atoms. The summed E-state index contributed by atoms with van der Waals surface area (Å²) < 4.78 is 12.8. The molecule has 4 heteroatoms. The third-order valence-corrected chi connectivity index (χ3v) is 4.13. The highest BCUT2D eigenvalue weighted by Crippen LogP contribution is 2.06. The summed E-state index contributed by atoms with van der Waals surface area (Å²) in [5, 5.41) is 7.30. The molecule has 0 amide bonds. The topological polar surface area (TPSA) is 24.1 Å². The second-order valence-corrected chi connectivity index (χ2v) is 6.67. The largest absolute Gasteiger partial charge is 0.363 e. The monoisotopic (exact) mass is 350 g/mol. The Morgan fingerprint density at radius 2 is 1.79 bits per heavy atom. The first-order valence-corrected chi connectivity index (χ1v) is 9.49. The van der Waals surface area contributed by atoms with Crippen molar-refractivity contribution < 1.29 is 4.39 Å². The minimum Gasteiger partial charge on any atom is -0.363 e. The van der Waals surface area contributed by atoms with Crippen LogP contribution in [0, 0.1) is 5.82 Å². The number of rotatable bonds is 11. The summed E-state index contributed by atoms with van der Waals surface area (Å²) in [6.45, 7) is 5.28. The molecule has 1 unspecified atom stereocenters. The van der Waals surface area contributed by atoms with Gasteiger partial charge in [-0.15, -0.1) is 0 Å². The molecule has 134 valence electrons. The molecule has 0 saturated heterocycles. The van der Waals surface area contributed by atoms with Gasteiger partial charge in [0.2, 0.25) is 0 Å². The van der Waals surface area contributed by atoms with Gasteiger partial charge in [0.25, 0.3) is 0 Å². The normalized spacial score (nSPS) is 12.3. The van der Waals surface area contributed by atoms with Crippen molar-refractivity contribution in [2.45, 2.75) is 64.8 Å². The van der Waals surface area contributed by atoms with E-state index in [1.165, 1.54) is 50.7 Å². The Hall–Kier alpha value is -1.42. The van der Waals surface area contributed by atoms with Crippen LogP contribution in [0.5, 0.6) is 0 Å². The van der Waals surface area contributed by atoms with Gasteiger partial charge in [-0.2, -0.15) is 0 Å². The Bertz CT molecular complexity index is 485. The molecule has 0 heterocycles. The fraction of sp³-hybridized carbons (Fsp3) is 0.550. The van der Waals surface area contributed by atoms with E-state index in [1.54, 1.807) is 12.1 Å². The van der Waals surface area contributed by atoms with E-state index in [0.29, 0.717) is 0 Å². The molecule has 0 fully saturated rings.